The number of hydrogen-bond acceptors (Lipinski definition) is 6. The number of sulfonamides is 1. The van der Waals surface area contributed by atoms with Crippen LogP contribution in [-0.4, -0.2) is 38.3 Å². The van der Waals surface area contributed by atoms with Gasteiger partial charge in [0.2, 0.25) is 23.0 Å². The zero-order valence-corrected chi connectivity index (χ0v) is 18.8. The van der Waals surface area contributed by atoms with Crippen molar-refractivity contribution in [1.82, 2.24) is 4.31 Å². The third kappa shape index (κ3) is 6.44. The van der Waals surface area contributed by atoms with E-state index in [4.69, 9.17) is 14.7 Å². The van der Waals surface area contributed by atoms with E-state index in [0.29, 0.717) is 24.6 Å². The molecule has 0 saturated heterocycles. The van der Waals surface area contributed by atoms with Gasteiger partial charge in [0.15, 0.2) is 11.5 Å². The summed E-state index contributed by atoms with van der Waals surface area (Å²) in [5.41, 5.74) is 0.584. The molecular formula is C21H31N3O4S. The maximum absolute atomic E-state index is 13.4. The standard InChI is InChI=1S/C21H31N3O4S/c1-16(2)12-24(13-21(4,5)10-6-7-17(3)23-14-22)29(25,26)18-8-9-19-20(11-18)28-15-27-19/h8-9,11,16H,6-7,10,12-13,15H2,1-5H3. The van der Waals surface area contributed by atoms with Crippen molar-refractivity contribution in [3.63, 3.8) is 0 Å². The number of aliphatic imine (C=N–C) groups is 1. The van der Waals surface area contributed by atoms with Crippen LogP contribution < -0.4 is 9.47 Å². The van der Waals surface area contributed by atoms with Crippen LogP contribution in [0.15, 0.2) is 28.1 Å². The number of nitrogens with zero attached hydrogens (tertiary/aromatic N) is 3. The second-order valence-electron chi connectivity index (χ2n) is 8.67. The van der Waals surface area contributed by atoms with E-state index in [1.54, 1.807) is 28.7 Å². The number of nitriles is 1. The molecule has 0 spiro atoms. The lowest BCUT2D eigenvalue weighted by Crippen LogP contribution is -2.41. The Kier molecular flexibility index (Phi) is 7.66. The maximum atomic E-state index is 13.4. The smallest absolute Gasteiger partial charge is 0.243 e. The summed E-state index contributed by atoms with van der Waals surface area (Å²) in [5, 5.41) is 8.63. The monoisotopic (exact) mass is 421 g/mol. The Morgan fingerprint density at radius 1 is 1.31 bits per heavy atom. The fourth-order valence-corrected chi connectivity index (χ4v) is 5.17. The Morgan fingerprint density at radius 3 is 2.66 bits per heavy atom. The van der Waals surface area contributed by atoms with Crippen LogP contribution in [0.2, 0.25) is 0 Å². The SMILES string of the molecule is CC(CCCC(C)(C)CN(CC(C)C)S(=O)(=O)c1ccc2c(c1)OCO2)=NC#N. The first kappa shape index (κ1) is 23.2. The second kappa shape index (κ2) is 9.59. The largest absolute Gasteiger partial charge is 0.454 e. The van der Waals surface area contributed by atoms with E-state index in [1.807, 2.05) is 20.8 Å². The quantitative estimate of drug-likeness (QED) is 0.417. The summed E-state index contributed by atoms with van der Waals surface area (Å²) in [6, 6.07) is 4.76. The van der Waals surface area contributed by atoms with E-state index in [9.17, 15) is 8.42 Å². The zero-order valence-electron chi connectivity index (χ0n) is 17.9. The number of ether oxygens (including phenoxy) is 2. The lowest BCUT2D eigenvalue weighted by Gasteiger charge is -2.33. The lowest BCUT2D eigenvalue weighted by molar-refractivity contribution is 0.174. The van der Waals surface area contributed by atoms with Crippen molar-refractivity contribution >= 4 is 15.7 Å². The molecule has 160 valence electrons. The molecule has 0 N–H and O–H groups in total. The van der Waals surface area contributed by atoms with Crippen LogP contribution in [0.4, 0.5) is 0 Å². The summed E-state index contributed by atoms with van der Waals surface area (Å²) in [4.78, 5) is 3.96. The van der Waals surface area contributed by atoms with Gasteiger partial charge in [0.25, 0.3) is 0 Å². The van der Waals surface area contributed by atoms with E-state index >= 15 is 0 Å². The summed E-state index contributed by atoms with van der Waals surface area (Å²) < 4.78 is 39.0. The maximum Gasteiger partial charge on any atom is 0.243 e. The van der Waals surface area contributed by atoms with Gasteiger partial charge in [0.1, 0.15) is 0 Å². The predicted molar refractivity (Wildman–Crippen MR) is 113 cm³/mol. The third-order valence-electron chi connectivity index (χ3n) is 4.79. The van der Waals surface area contributed by atoms with Crippen LogP contribution in [0.1, 0.15) is 53.9 Å². The van der Waals surface area contributed by atoms with Gasteiger partial charge >= 0.3 is 0 Å². The molecular weight excluding hydrogens is 390 g/mol. The van der Waals surface area contributed by atoms with Crippen molar-refractivity contribution in [3.05, 3.63) is 18.2 Å². The molecule has 1 aromatic rings. The molecule has 0 atom stereocenters. The molecule has 29 heavy (non-hydrogen) atoms. The van der Waals surface area contributed by atoms with Crippen molar-refractivity contribution in [2.45, 2.75) is 58.8 Å². The Hall–Kier alpha value is -2.11. The van der Waals surface area contributed by atoms with Crippen molar-refractivity contribution < 1.29 is 17.9 Å². The Balaban J connectivity index is 2.17. The average Bonchev–Trinajstić information content (AvgIpc) is 3.08. The molecule has 0 aromatic heterocycles. The number of fused-ring (bicyclic) bond motifs is 1. The lowest BCUT2D eigenvalue weighted by atomic mass is 9.86. The summed E-state index contributed by atoms with van der Waals surface area (Å²) in [6.07, 6.45) is 4.22. The van der Waals surface area contributed by atoms with E-state index < -0.39 is 10.0 Å². The zero-order chi connectivity index (χ0) is 21.7. The van der Waals surface area contributed by atoms with Crippen LogP contribution >= 0.6 is 0 Å². The minimum Gasteiger partial charge on any atom is -0.454 e. The number of hydrogen-bond donors (Lipinski definition) is 0. The topological polar surface area (TPSA) is 92.0 Å². The van der Waals surface area contributed by atoms with Crippen LogP contribution in [0, 0.1) is 22.8 Å². The molecule has 0 unspecified atom stereocenters. The van der Waals surface area contributed by atoms with Gasteiger partial charge < -0.3 is 9.47 Å². The normalized spacial score (nSPS) is 14.5. The van der Waals surface area contributed by atoms with Gasteiger partial charge in [-0.25, -0.2) is 8.42 Å². The van der Waals surface area contributed by atoms with Gasteiger partial charge in [0.05, 0.1) is 4.90 Å². The highest BCUT2D eigenvalue weighted by Gasteiger charge is 2.32. The molecule has 0 radical (unpaired) electrons. The van der Waals surface area contributed by atoms with Crippen LogP contribution in [-0.2, 0) is 10.0 Å². The Morgan fingerprint density at radius 2 is 2.00 bits per heavy atom. The van der Waals surface area contributed by atoms with Gasteiger partial charge in [-0.2, -0.15) is 14.6 Å². The minimum atomic E-state index is -3.67. The minimum absolute atomic E-state index is 0.107. The molecule has 7 nitrogen and oxygen atoms in total. The van der Waals surface area contributed by atoms with Crippen molar-refractivity contribution in [3.8, 4) is 17.7 Å². The van der Waals surface area contributed by atoms with E-state index in [0.717, 1.165) is 25.0 Å². The van der Waals surface area contributed by atoms with Crippen LogP contribution in [0.25, 0.3) is 0 Å². The van der Waals surface area contributed by atoms with Crippen molar-refractivity contribution in [1.29, 1.82) is 5.26 Å². The fourth-order valence-electron chi connectivity index (χ4n) is 3.36. The molecule has 8 heteroatoms. The van der Waals surface area contributed by atoms with Crippen LogP contribution in [0.3, 0.4) is 0 Å². The molecule has 1 aliphatic heterocycles. The summed E-state index contributed by atoms with van der Waals surface area (Å²) >= 11 is 0. The molecule has 1 aromatic carbocycles. The van der Waals surface area contributed by atoms with Crippen molar-refractivity contribution in [2.75, 3.05) is 19.9 Å². The van der Waals surface area contributed by atoms with E-state index in [2.05, 4.69) is 18.8 Å². The number of rotatable bonds is 10. The van der Waals surface area contributed by atoms with Crippen LogP contribution in [0.5, 0.6) is 11.5 Å². The molecule has 0 fully saturated rings. The van der Waals surface area contributed by atoms with Gasteiger partial charge in [-0.15, -0.1) is 0 Å². The molecule has 0 bridgehead atoms. The molecule has 0 aliphatic carbocycles. The molecule has 0 saturated carbocycles. The highest BCUT2D eigenvalue weighted by Crippen LogP contribution is 2.35. The summed E-state index contributed by atoms with van der Waals surface area (Å²) in [6.45, 7) is 11.0. The first-order chi connectivity index (χ1) is 13.5. The molecule has 1 heterocycles. The van der Waals surface area contributed by atoms with Gasteiger partial charge in [-0.3, -0.25) is 0 Å². The summed E-state index contributed by atoms with van der Waals surface area (Å²) in [7, 11) is -3.67. The van der Waals surface area contributed by atoms with Gasteiger partial charge in [-0.1, -0.05) is 27.7 Å². The molecule has 0 amide bonds. The van der Waals surface area contributed by atoms with Gasteiger partial charge in [0, 0.05) is 24.9 Å². The fraction of sp³-hybridized carbons (Fsp3) is 0.619. The number of benzene rings is 1. The van der Waals surface area contributed by atoms with E-state index in [-0.39, 0.29) is 23.0 Å². The van der Waals surface area contributed by atoms with Gasteiger partial charge in [-0.05, 0) is 49.7 Å². The predicted octanol–water partition coefficient (Wildman–Crippen LogP) is 4.20. The second-order valence-corrected chi connectivity index (χ2v) is 10.6. The van der Waals surface area contributed by atoms with E-state index in [1.165, 1.54) is 0 Å². The highest BCUT2D eigenvalue weighted by atomic mass is 32.2. The Labute approximate surface area is 174 Å². The first-order valence-electron chi connectivity index (χ1n) is 9.87. The Bertz CT molecular complexity index is 886. The molecule has 1 aliphatic rings. The third-order valence-corrected chi connectivity index (χ3v) is 6.60. The molecule has 2 rings (SSSR count). The average molecular weight is 422 g/mol. The highest BCUT2D eigenvalue weighted by molar-refractivity contribution is 7.89. The van der Waals surface area contributed by atoms with Crippen molar-refractivity contribution in [2.24, 2.45) is 16.3 Å². The first-order valence-corrected chi connectivity index (χ1v) is 11.3. The summed E-state index contributed by atoms with van der Waals surface area (Å²) in [5.74, 6) is 1.22.